The van der Waals surface area contributed by atoms with Crippen molar-refractivity contribution in [2.24, 2.45) is 0 Å². The first kappa shape index (κ1) is 14.0. The largest absolute Gasteiger partial charge is 0.368 e. The van der Waals surface area contributed by atoms with Gasteiger partial charge in [0.1, 0.15) is 17.5 Å². The molecule has 1 aromatic carbocycles. The number of nitro groups is 1. The van der Waals surface area contributed by atoms with Crippen LogP contribution < -0.4 is 5.32 Å². The summed E-state index contributed by atoms with van der Waals surface area (Å²) in [5.74, 6) is -0.694. The van der Waals surface area contributed by atoms with Gasteiger partial charge in [-0.25, -0.2) is 4.39 Å². The molecule has 102 valence electrons. The number of hydrogen-bond acceptors (Lipinski definition) is 4. The van der Waals surface area contributed by atoms with Gasteiger partial charge in [-0.2, -0.15) is 0 Å². The van der Waals surface area contributed by atoms with Gasteiger partial charge in [0.25, 0.3) is 5.69 Å². The highest BCUT2D eigenvalue weighted by Crippen LogP contribution is 2.30. The molecule has 1 atom stereocenters. The van der Waals surface area contributed by atoms with Gasteiger partial charge in [-0.3, -0.25) is 14.9 Å². The molecule has 1 unspecified atom stereocenters. The Bertz CT molecular complexity index is 552. The van der Waals surface area contributed by atoms with Crippen molar-refractivity contribution < 1.29 is 14.1 Å². The lowest BCUT2D eigenvalue weighted by molar-refractivity contribution is -0.384. The maximum absolute atomic E-state index is 13.5. The molecular formula is C11H11FIN3O3. The Morgan fingerprint density at radius 2 is 2.26 bits per heavy atom. The number of amides is 1. The van der Waals surface area contributed by atoms with Gasteiger partial charge in [-0.05, 0) is 29.0 Å². The van der Waals surface area contributed by atoms with Crippen LogP contribution in [0, 0.1) is 19.5 Å². The lowest BCUT2D eigenvalue weighted by atomic mass is 10.2. The van der Waals surface area contributed by atoms with E-state index in [0.717, 1.165) is 12.1 Å². The monoisotopic (exact) mass is 379 g/mol. The van der Waals surface area contributed by atoms with Gasteiger partial charge in [0.15, 0.2) is 0 Å². The highest BCUT2D eigenvalue weighted by molar-refractivity contribution is 14.1. The number of halogens is 2. The Hall–Kier alpha value is -1.45. The molecule has 0 aromatic heterocycles. The molecule has 0 radical (unpaired) electrons. The maximum Gasteiger partial charge on any atom is 0.293 e. The summed E-state index contributed by atoms with van der Waals surface area (Å²) in [6.45, 7) is 0.581. The smallest absolute Gasteiger partial charge is 0.293 e. The van der Waals surface area contributed by atoms with E-state index in [0.29, 0.717) is 13.0 Å². The van der Waals surface area contributed by atoms with Gasteiger partial charge in [0.05, 0.1) is 8.49 Å². The van der Waals surface area contributed by atoms with Gasteiger partial charge >= 0.3 is 0 Å². The average Bonchev–Trinajstić information content (AvgIpc) is 2.65. The summed E-state index contributed by atoms with van der Waals surface area (Å²) >= 11 is 1.69. The molecule has 1 aromatic rings. The number of nitrogens with zero attached hydrogens (tertiary/aromatic N) is 2. The molecule has 1 fully saturated rings. The lowest BCUT2D eigenvalue weighted by Gasteiger charge is -2.14. The van der Waals surface area contributed by atoms with Crippen LogP contribution in [0.4, 0.5) is 15.8 Å². The summed E-state index contributed by atoms with van der Waals surface area (Å²) in [7, 11) is 1.66. The zero-order valence-electron chi connectivity index (χ0n) is 10.0. The summed E-state index contributed by atoms with van der Waals surface area (Å²) in [5.41, 5.74) is -0.190. The predicted octanol–water partition coefficient (Wildman–Crippen LogP) is 1.98. The van der Waals surface area contributed by atoms with Crippen molar-refractivity contribution in [2.75, 3.05) is 18.9 Å². The van der Waals surface area contributed by atoms with Crippen molar-refractivity contribution in [3.05, 3.63) is 31.6 Å². The molecule has 0 bridgehead atoms. The Morgan fingerprint density at radius 1 is 1.58 bits per heavy atom. The minimum atomic E-state index is -0.590. The summed E-state index contributed by atoms with van der Waals surface area (Å²) < 4.78 is 13.7. The number of benzene rings is 1. The number of likely N-dealkylation sites (tertiary alicyclic amines) is 1. The van der Waals surface area contributed by atoms with Crippen LogP contribution in [0.2, 0.25) is 0 Å². The highest BCUT2D eigenvalue weighted by Gasteiger charge is 2.31. The summed E-state index contributed by atoms with van der Waals surface area (Å²) in [6, 6.07) is 1.68. The highest BCUT2D eigenvalue weighted by atomic mass is 127. The fraction of sp³-hybridized carbons (Fsp3) is 0.364. The molecule has 1 heterocycles. The van der Waals surface area contributed by atoms with E-state index in [1.165, 1.54) is 4.90 Å². The Kier molecular flexibility index (Phi) is 3.88. The lowest BCUT2D eigenvalue weighted by Crippen LogP contribution is -2.31. The number of anilines is 1. The van der Waals surface area contributed by atoms with Gasteiger partial charge in [-0.1, -0.05) is 0 Å². The Labute approximate surface area is 122 Å². The fourth-order valence-electron chi connectivity index (χ4n) is 1.95. The third kappa shape index (κ3) is 2.77. The standard InChI is InChI=1S/C11H11FIN3O3/c1-15-3-2-8(11(15)17)14-9-4-6(12)7(13)5-10(9)16(18)19/h4-5,8,14H,2-3H2,1H3. The number of carbonyl (C=O) groups excluding carboxylic acids is 1. The van der Waals surface area contributed by atoms with Gasteiger partial charge in [-0.15, -0.1) is 0 Å². The Morgan fingerprint density at radius 3 is 2.79 bits per heavy atom. The van der Waals surface area contributed by atoms with Gasteiger partial charge in [0, 0.05) is 25.7 Å². The molecule has 0 saturated carbocycles. The van der Waals surface area contributed by atoms with Crippen molar-refractivity contribution >= 4 is 39.9 Å². The molecule has 2 rings (SSSR count). The molecular weight excluding hydrogens is 368 g/mol. The first-order chi connectivity index (χ1) is 8.90. The molecule has 0 spiro atoms. The van der Waals surface area contributed by atoms with Gasteiger partial charge in [0.2, 0.25) is 5.91 Å². The number of nitrogens with one attached hydrogen (secondary N) is 1. The van der Waals surface area contributed by atoms with E-state index in [4.69, 9.17) is 0 Å². The maximum atomic E-state index is 13.5. The van der Waals surface area contributed by atoms with Crippen molar-refractivity contribution in [3.8, 4) is 0 Å². The second-order valence-electron chi connectivity index (χ2n) is 4.29. The van der Waals surface area contributed by atoms with Crippen molar-refractivity contribution in [2.45, 2.75) is 12.5 Å². The Balaban J connectivity index is 2.32. The number of rotatable bonds is 3. The van der Waals surface area contributed by atoms with E-state index in [2.05, 4.69) is 5.32 Å². The topological polar surface area (TPSA) is 75.5 Å². The first-order valence-corrected chi connectivity index (χ1v) is 6.63. The normalized spacial score (nSPS) is 18.8. The number of carbonyl (C=O) groups is 1. The fourth-order valence-corrected chi connectivity index (χ4v) is 2.40. The van der Waals surface area contributed by atoms with E-state index in [1.54, 1.807) is 29.6 Å². The SMILES string of the molecule is CN1CCC(Nc2cc(F)c(I)cc2[N+](=O)[O-])C1=O. The van der Waals surface area contributed by atoms with Crippen LogP contribution in [0.15, 0.2) is 12.1 Å². The molecule has 0 aliphatic carbocycles. The molecule has 1 N–H and O–H groups in total. The zero-order valence-corrected chi connectivity index (χ0v) is 12.2. The van der Waals surface area contributed by atoms with Crippen LogP contribution in [0.3, 0.4) is 0 Å². The van der Waals surface area contributed by atoms with Crippen molar-refractivity contribution in [1.29, 1.82) is 0 Å². The minimum absolute atomic E-state index is 0.0385. The second-order valence-corrected chi connectivity index (χ2v) is 5.45. The van der Waals surface area contributed by atoms with Gasteiger partial charge < -0.3 is 10.2 Å². The summed E-state index contributed by atoms with van der Waals surface area (Å²) in [5, 5.41) is 13.7. The van der Waals surface area contributed by atoms with E-state index in [9.17, 15) is 19.3 Å². The van der Waals surface area contributed by atoms with E-state index in [-0.39, 0.29) is 20.9 Å². The van der Waals surface area contributed by atoms with E-state index >= 15 is 0 Å². The molecule has 1 amide bonds. The first-order valence-electron chi connectivity index (χ1n) is 5.55. The summed E-state index contributed by atoms with van der Waals surface area (Å²) in [6.07, 6.45) is 0.542. The third-order valence-corrected chi connectivity index (χ3v) is 3.82. The van der Waals surface area contributed by atoms with E-state index < -0.39 is 16.8 Å². The molecule has 19 heavy (non-hydrogen) atoms. The number of nitro benzene ring substituents is 1. The second kappa shape index (κ2) is 5.27. The predicted molar refractivity (Wildman–Crippen MR) is 75.4 cm³/mol. The minimum Gasteiger partial charge on any atom is -0.368 e. The van der Waals surface area contributed by atoms with Crippen LogP contribution in [-0.4, -0.2) is 35.4 Å². The zero-order chi connectivity index (χ0) is 14.2. The van der Waals surface area contributed by atoms with Crippen molar-refractivity contribution in [3.63, 3.8) is 0 Å². The number of likely N-dealkylation sites (N-methyl/N-ethyl adjacent to an activating group) is 1. The van der Waals surface area contributed by atoms with Crippen LogP contribution in [0.1, 0.15) is 6.42 Å². The average molecular weight is 379 g/mol. The molecule has 1 aliphatic heterocycles. The molecule has 1 saturated heterocycles. The molecule has 8 heteroatoms. The third-order valence-electron chi connectivity index (χ3n) is 2.99. The van der Waals surface area contributed by atoms with Crippen molar-refractivity contribution in [1.82, 2.24) is 4.90 Å². The number of hydrogen-bond donors (Lipinski definition) is 1. The van der Waals surface area contributed by atoms with Crippen LogP contribution in [0.5, 0.6) is 0 Å². The van der Waals surface area contributed by atoms with E-state index in [1.807, 2.05) is 0 Å². The summed E-state index contributed by atoms with van der Waals surface area (Å²) in [4.78, 5) is 23.6. The quantitative estimate of drug-likeness (QED) is 0.495. The van der Waals surface area contributed by atoms with Crippen LogP contribution in [0.25, 0.3) is 0 Å². The molecule has 6 nitrogen and oxygen atoms in total. The molecule has 1 aliphatic rings. The van der Waals surface area contributed by atoms with Crippen LogP contribution >= 0.6 is 22.6 Å². The van der Waals surface area contributed by atoms with Crippen LogP contribution in [-0.2, 0) is 4.79 Å².